The number of carboxylic acid groups (broad SMARTS) is 1. The molecule has 50 heavy (non-hydrogen) atoms. The molecule has 286 valence electrons. The number of nitrogens with zero attached hydrogens (tertiary/aromatic N) is 1. The molecule has 0 rings (SSSR count). The number of hydrogen-bond acceptors (Lipinski definition) is 7. The minimum atomic E-state index is -1.14. The number of esters is 2. The molecule has 8 heteroatoms. The van der Waals surface area contributed by atoms with Gasteiger partial charge in [0.25, 0.3) is 0 Å². The smallest absolute Gasteiger partial charge is 0.306 e. The van der Waals surface area contributed by atoms with Gasteiger partial charge < -0.3 is 28.6 Å². The zero-order valence-corrected chi connectivity index (χ0v) is 32.3. The van der Waals surface area contributed by atoms with Crippen LogP contribution in [0.3, 0.4) is 0 Å². The summed E-state index contributed by atoms with van der Waals surface area (Å²) in [5, 5.41) is 11.6. The van der Waals surface area contributed by atoms with Crippen LogP contribution in [0, 0.1) is 0 Å². The molecule has 0 spiro atoms. The number of rotatable bonds is 33. The first-order valence-electron chi connectivity index (χ1n) is 19.3. The highest BCUT2D eigenvalue weighted by Gasteiger charge is 2.25. The van der Waals surface area contributed by atoms with Gasteiger partial charge in [-0.3, -0.25) is 9.59 Å². The van der Waals surface area contributed by atoms with E-state index in [4.69, 9.17) is 14.2 Å². The van der Waals surface area contributed by atoms with Crippen molar-refractivity contribution in [3.8, 4) is 0 Å². The maximum atomic E-state index is 12.6. The minimum absolute atomic E-state index is 0.0186. The van der Waals surface area contributed by atoms with Crippen molar-refractivity contribution in [1.82, 2.24) is 0 Å². The zero-order valence-electron chi connectivity index (χ0n) is 32.3. The van der Waals surface area contributed by atoms with E-state index in [9.17, 15) is 19.5 Å². The van der Waals surface area contributed by atoms with E-state index in [0.29, 0.717) is 12.8 Å². The van der Waals surface area contributed by atoms with Gasteiger partial charge in [-0.25, -0.2) is 0 Å². The van der Waals surface area contributed by atoms with Gasteiger partial charge in [0, 0.05) is 19.3 Å². The fourth-order valence-electron chi connectivity index (χ4n) is 5.10. The van der Waals surface area contributed by atoms with Crippen molar-refractivity contribution in [2.75, 3.05) is 41.0 Å². The van der Waals surface area contributed by atoms with Gasteiger partial charge in [0.15, 0.2) is 6.10 Å². The van der Waals surface area contributed by atoms with Gasteiger partial charge in [0.2, 0.25) is 0 Å². The molecule has 0 heterocycles. The molecule has 0 saturated heterocycles. The molecule has 0 aromatic heterocycles. The fraction of sp³-hybridized carbons (Fsp3) is 0.690. The van der Waals surface area contributed by atoms with Crippen LogP contribution < -0.4 is 5.11 Å². The molecule has 0 radical (unpaired) electrons. The predicted molar refractivity (Wildman–Crippen MR) is 203 cm³/mol. The first kappa shape index (κ1) is 47.0. The lowest BCUT2D eigenvalue weighted by molar-refractivity contribution is -0.889. The number of carbonyl (C=O) groups excluding carboxylic acids is 3. The number of allylic oxidation sites excluding steroid dienone is 10. The highest BCUT2D eigenvalue weighted by Crippen LogP contribution is 2.11. The molecular weight excluding hydrogens is 630 g/mol. The van der Waals surface area contributed by atoms with E-state index >= 15 is 0 Å². The van der Waals surface area contributed by atoms with E-state index in [1.54, 1.807) is 21.1 Å². The number of carboxylic acids is 1. The molecule has 2 atom stereocenters. The summed E-state index contributed by atoms with van der Waals surface area (Å²) >= 11 is 0. The van der Waals surface area contributed by atoms with E-state index in [1.807, 2.05) is 0 Å². The molecule has 0 bridgehead atoms. The first-order valence-corrected chi connectivity index (χ1v) is 19.3. The maximum absolute atomic E-state index is 12.6. The minimum Gasteiger partial charge on any atom is -0.544 e. The third-order valence-electron chi connectivity index (χ3n) is 8.14. The van der Waals surface area contributed by atoms with Gasteiger partial charge in [-0.2, -0.15) is 0 Å². The van der Waals surface area contributed by atoms with E-state index in [0.717, 1.165) is 77.0 Å². The van der Waals surface area contributed by atoms with Gasteiger partial charge >= 0.3 is 11.9 Å². The second kappa shape index (κ2) is 33.2. The lowest BCUT2D eigenvalue weighted by atomic mass is 10.1. The average molecular weight is 702 g/mol. The second-order valence-electron chi connectivity index (χ2n) is 13.8. The van der Waals surface area contributed by atoms with Crippen molar-refractivity contribution in [1.29, 1.82) is 0 Å². The van der Waals surface area contributed by atoms with Gasteiger partial charge in [0.1, 0.15) is 12.6 Å². The monoisotopic (exact) mass is 702 g/mol. The van der Waals surface area contributed by atoms with Crippen LogP contribution in [0.5, 0.6) is 0 Å². The number of ether oxygens (including phenoxy) is 3. The summed E-state index contributed by atoms with van der Waals surface area (Å²) < 4.78 is 17.0. The maximum Gasteiger partial charge on any atom is 0.306 e. The average Bonchev–Trinajstić information content (AvgIpc) is 3.06. The Balaban J connectivity index is 4.52. The molecule has 0 aromatic rings. The highest BCUT2D eigenvalue weighted by molar-refractivity contribution is 5.70. The lowest BCUT2D eigenvalue weighted by Gasteiger charge is -2.34. The van der Waals surface area contributed by atoms with Gasteiger partial charge in [0.05, 0.1) is 40.3 Å². The normalized spacial score (nSPS) is 13.7. The topological polar surface area (TPSA) is 102 Å². The van der Waals surface area contributed by atoms with Gasteiger partial charge in [-0.1, -0.05) is 107 Å². The summed E-state index contributed by atoms with van der Waals surface area (Å²) in [5.74, 6) is -1.81. The summed E-state index contributed by atoms with van der Waals surface area (Å²) in [6.45, 7) is 4.42. The van der Waals surface area contributed by atoms with Crippen molar-refractivity contribution in [2.24, 2.45) is 0 Å². The molecule has 0 aliphatic heterocycles. The molecule has 2 unspecified atom stereocenters. The second-order valence-corrected chi connectivity index (χ2v) is 13.8. The Morgan fingerprint density at radius 3 is 1.72 bits per heavy atom. The summed E-state index contributed by atoms with van der Waals surface area (Å²) in [4.78, 5) is 36.6. The molecule has 8 nitrogen and oxygen atoms in total. The van der Waals surface area contributed by atoms with Crippen molar-refractivity contribution in [3.63, 3.8) is 0 Å². The van der Waals surface area contributed by atoms with E-state index in [1.165, 1.54) is 19.3 Å². The number of quaternary nitrogens is 1. The van der Waals surface area contributed by atoms with Gasteiger partial charge in [-0.15, -0.1) is 0 Å². The molecule has 0 amide bonds. The van der Waals surface area contributed by atoms with Crippen molar-refractivity contribution >= 4 is 17.9 Å². The zero-order chi connectivity index (χ0) is 37.1. The van der Waals surface area contributed by atoms with Crippen LogP contribution in [0.15, 0.2) is 60.8 Å². The van der Waals surface area contributed by atoms with Crippen LogP contribution in [0.4, 0.5) is 0 Å². The Morgan fingerprint density at radius 2 is 1.12 bits per heavy atom. The number of carbonyl (C=O) groups is 3. The van der Waals surface area contributed by atoms with Gasteiger partial charge in [-0.05, 0) is 70.6 Å². The largest absolute Gasteiger partial charge is 0.544 e. The van der Waals surface area contributed by atoms with Crippen LogP contribution in [0.25, 0.3) is 0 Å². The summed E-state index contributed by atoms with van der Waals surface area (Å²) in [7, 11) is 5.37. The van der Waals surface area contributed by atoms with Crippen LogP contribution >= 0.6 is 0 Å². The molecular formula is C42H71NO7. The Labute approximate surface area is 305 Å². The predicted octanol–water partition coefficient (Wildman–Crippen LogP) is 8.52. The standard InChI is InChI=1S/C42H71NO7/c1-6-8-10-12-14-16-18-19-20-21-23-25-27-29-31-33-41(45)50-38(36-48-35-34-39(42(46)47)43(3,4)5)37-49-40(44)32-30-28-26-24-22-17-15-13-11-9-7-2/h8,10,13-16,19-20,23,25,38-39H,6-7,9,11-12,17-18,21-22,24,26-37H2,1-5H3/b10-8-,15-13-,16-14-,20-19-,25-23-. The number of hydrogen-bond donors (Lipinski definition) is 0. The fourth-order valence-corrected chi connectivity index (χ4v) is 5.10. The number of unbranched alkanes of at least 4 members (excludes halogenated alkanes) is 9. The van der Waals surface area contributed by atoms with Crippen LogP contribution in [-0.4, -0.2) is 75.5 Å². The number of aliphatic carboxylic acids is 1. The number of likely N-dealkylation sites (N-methyl/N-ethyl adjacent to an activating group) is 1. The van der Waals surface area contributed by atoms with Crippen LogP contribution in [0.2, 0.25) is 0 Å². The molecule has 0 N–H and O–H groups in total. The van der Waals surface area contributed by atoms with Crippen LogP contribution in [-0.2, 0) is 28.6 Å². The Bertz CT molecular complexity index is 1010. The van der Waals surface area contributed by atoms with Crippen molar-refractivity contribution < 1.29 is 38.2 Å². The molecule has 0 aromatic carbocycles. The summed E-state index contributed by atoms with van der Waals surface area (Å²) in [5.41, 5.74) is 0. The van der Waals surface area contributed by atoms with Crippen molar-refractivity contribution in [2.45, 2.75) is 148 Å². The van der Waals surface area contributed by atoms with Crippen molar-refractivity contribution in [3.05, 3.63) is 60.8 Å². The Kier molecular flexibility index (Phi) is 31.2. The molecule has 0 aliphatic rings. The Morgan fingerprint density at radius 1 is 0.620 bits per heavy atom. The highest BCUT2D eigenvalue weighted by atomic mass is 16.6. The lowest BCUT2D eigenvalue weighted by Crippen LogP contribution is -2.55. The molecule has 0 saturated carbocycles. The van der Waals surface area contributed by atoms with E-state index < -0.39 is 18.1 Å². The molecule has 0 fully saturated rings. The van der Waals surface area contributed by atoms with E-state index in [-0.39, 0.29) is 49.1 Å². The Hall–Kier alpha value is -2.97. The van der Waals surface area contributed by atoms with E-state index in [2.05, 4.69) is 74.6 Å². The SMILES string of the molecule is CC/C=C\C/C=C\C/C=C\C/C=C\CCCCC(=O)OC(COCCC(C(=O)[O-])[N+](C)(C)C)COC(=O)CCCCCCC/C=C\CCCC. The first-order chi connectivity index (χ1) is 24.1. The molecule has 0 aliphatic carbocycles. The quantitative estimate of drug-likeness (QED) is 0.0293. The summed E-state index contributed by atoms with van der Waals surface area (Å²) in [6, 6.07) is -0.735. The summed E-state index contributed by atoms with van der Waals surface area (Å²) in [6.07, 6.45) is 38.2. The third-order valence-corrected chi connectivity index (χ3v) is 8.14. The van der Waals surface area contributed by atoms with Crippen LogP contribution in [0.1, 0.15) is 136 Å². The third kappa shape index (κ3) is 31.0.